The molecular formula is C23H27FN2O2. The smallest absolute Gasteiger partial charge is 0.253 e. The number of ether oxygens (including phenoxy) is 1. The lowest BCUT2D eigenvalue weighted by Crippen LogP contribution is -2.36. The molecule has 0 spiro atoms. The van der Waals surface area contributed by atoms with Crippen molar-refractivity contribution in [3.8, 4) is 0 Å². The molecule has 4 nitrogen and oxygen atoms in total. The number of anilines is 1. The molecule has 0 N–H and O–H groups in total. The lowest BCUT2D eigenvalue weighted by molar-refractivity contribution is 0.0787. The average molecular weight is 382 g/mol. The van der Waals surface area contributed by atoms with E-state index in [4.69, 9.17) is 4.74 Å². The summed E-state index contributed by atoms with van der Waals surface area (Å²) in [5.41, 5.74) is 3.72. The zero-order chi connectivity index (χ0) is 19.5. The molecule has 148 valence electrons. The van der Waals surface area contributed by atoms with Gasteiger partial charge in [-0.3, -0.25) is 4.79 Å². The van der Waals surface area contributed by atoms with Crippen LogP contribution in [0.1, 0.15) is 27.9 Å². The van der Waals surface area contributed by atoms with Crippen molar-refractivity contribution in [1.29, 1.82) is 0 Å². The van der Waals surface area contributed by atoms with Crippen LogP contribution in [0.25, 0.3) is 0 Å². The number of carbonyl (C=O) groups is 1. The molecule has 0 aromatic heterocycles. The van der Waals surface area contributed by atoms with Gasteiger partial charge in [0, 0.05) is 37.4 Å². The number of morpholine rings is 1. The first-order chi connectivity index (χ1) is 13.6. The van der Waals surface area contributed by atoms with Gasteiger partial charge >= 0.3 is 0 Å². The number of aryl methyl sites for hydroxylation is 1. The number of carbonyl (C=O) groups excluding carboxylic acids is 1. The van der Waals surface area contributed by atoms with Crippen molar-refractivity contribution >= 4 is 11.6 Å². The Morgan fingerprint density at radius 2 is 1.86 bits per heavy atom. The number of nitrogens with zero attached hydrogens (tertiary/aromatic N) is 2. The van der Waals surface area contributed by atoms with Crippen molar-refractivity contribution in [1.82, 2.24) is 4.90 Å². The SMILES string of the molecule is Cc1cc(CC2CCN(C(=O)c3ccc(N4CCOCC4)cc3)C2)ccc1F. The standard InChI is InChI=1S/C23H27FN2O2/c1-17-14-18(2-7-22(17)24)15-19-8-9-26(16-19)23(27)20-3-5-21(6-4-20)25-10-12-28-13-11-25/h2-7,14,19H,8-13,15-16H2,1H3. The molecule has 2 saturated heterocycles. The molecular weight excluding hydrogens is 355 g/mol. The summed E-state index contributed by atoms with van der Waals surface area (Å²) in [6.45, 7) is 6.64. The normalized spacial score (nSPS) is 19.9. The van der Waals surface area contributed by atoms with Gasteiger partial charge in [0.15, 0.2) is 0 Å². The predicted octanol–water partition coefficient (Wildman–Crippen LogP) is 3.68. The monoisotopic (exact) mass is 382 g/mol. The molecule has 0 bridgehead atoms. The molecule has 4 rings (SSSR count). The number of halogens is 1. The van der Waals surface area contributed by atoms with E-state index >= 15 is 0 Å². The van der Waals surface area contributed by atoms with E-state index < -0.39 is 0 Å². The molecule has 2 aliphatic heterocycles. The maximum atomic E-state index is 13.5. The zero-order valence-corrected chi connectivity index (χ0v) is 16.4. The summed E-state index contributed by atoms with van der Waals surface area (Å²) < 4.78 is 18.8. The second-order valence-corrected chi connectivity index (χ2v) is 7.84. The lowest BCUT2D eigenvalue weighted by atomic mass is 9.97. The van der Waals surface area contributed by atoms with Crippen LogP contribution in [0.2, 0.25) is 0 Å². The first-order valence-electron chi connectivity index (χ1n) is 10.1. The first-order valence-corrected chi connectivity index (χ1v) is 10.1. The minimum absolute atomic E-state index is 0.103. The Balaban J connectivity index is 1.35. The molecule has 2 fully saturated rings. The highest BCUT2D eigenvalue weighted by Gasteiger charge is 2.27. The van der Waals surface area contributed by atoms with Crippen molar-refractivity contribution in [3.05, 3.63) is 65.0 Å². The summed E-state index contributed by atoms with van der Waals surface area (Å²) in [5.74, 6) is 0.375. The molecule has 28 heavy (non-hydrogen) atoms. The van der Waals surface area contributed by atoms with Crippen LogP contribution in [-0.4, -0.2) is 50.2 Å². The van der Waals surface area contributed by atoms with Gasteiger partial charge in [-0.15, -0.1) is 0 Å². The Morgan fingerprint density at radius 3 is 2.57 bits per heavy atom. The number of hydrogen-bond acceptors (Lipinski definition) is 3. The third kappa shape index (κ3) is 4.20. The summed E-state index contributed by atoms with van der Waals surface area (Å²) in [4.78, 5) is 17.1. The second-order valence-electron chi connectivity index (χ2n) is 7.84. The maximum Gasteiger partial charge on any atom is 0.253 e. The van der Waals surface area contributed by atoms with E-state index in [2.05, 4.69) is 4.90 Å². The second kappa shape index (κ2) is 8.31. The van der Waals surface area contributed by atoms with E-state index in [0.29, 0.717) is 11.5 Å². The lowest BCUT2D eigenvalue weighted by Gasteiger charge is -2.29. The van der Waals surface area contributed by atoms with Gasteiger partial charge in [0.05, 0.1) is 13.2 Å². The summed E-state index contributed by atoms with van der Waals surface area (Å²) >= 11 is 0. The van der Waals surface area contributed by atoms with Gasteiger partial charge in [0.2, 0.25) is 0 Å². The van der Waals surface area contributed by atoms with Crippen LogP contribution in [0.5, 0.6) is 0 Å². The minimum Gasteiger partial charge on any atom is -0.378 e. The molecule has 1 unspecified atom stereocenters. The quantitative estimate of drug-likeness (QED) is 0.809. The highest BCUT2D eigenvalue weighted by Crippen LogP contribution is 2.24. The zero-order valence-electron chi connectivity index (χ0n) is 16.4. The van der Waals surface area contributed by atoms with Crippen molar-refractivity contribution in [3.63, 3.8) is 0 Å². The Hall–Kier alpha value is -2.40. The summed E-state index contributed by atoms with van der Waals surface area (Å²) in [5, 5.41) is 0. The van der Waals surface area contributed by atoms with E-state index in [1.165, 1.54) is 0 Å². The third-order valence-corrected chi connectivity index (χ3v) is 5.81. The fraction of sp³-hybridized carbons (Fsp3) is 0.435. The van der Waals surface area contributed by atoms with E-state index in [0.717, 1.165) is 69.0 Å². The molecule has 0 radical (unpaired) electrons. The fourth-order valence-electron chi connectivity index (χ4n) is 4.17. The van der Waals surface area contributed by atoms with E-state index in [1.54, 1.807) is 13.0 Å². The number of rotatable bonds is 4. The maximum absolute atomic E-state index is 13.5. The molecule has 0 saturated carbocycles. The van der Waals surface area contributed by atoms with Gasteiger partial charge in [0.25, 0.3) is 5.91 Å². The van der Waals surface area contributed by atoms with Crippen LogP contribution in [0.4, 0.5) is 10.1 Å². The van der Waals surface area contributed by atoms with E-state index in [-0.39, 0.29) is 11.7 Å². The van der Waals surface area contributed by atoms with Gasteiger partial charge in [0.1, 0.15) is 5.82 Å². The van der Waals surface area contributed by atoms with Gasteiger partial charge in [-0.1, -0.05) is 12.1 Å². The Bertz CT molecular complexity index is 831. The van der Waals surface area contributed by atoms with E-state index in [1.807, 2.05) is 41.3 Å². The summed E-state index contributed by atoms with van der Waals surface area (Å²) in [6, 6.07) is 13.3. The van der Waals surface area contributed by atoms with Crippen molar-refractivity contribution < 1.29 is 13.9 Å². The van der Waals surface area contributed by atoms with Gasteiger partial charge in [-0.2, -0.15) is 0 Å². The highest BCUT2D eigenvalue weighted by atomic mass is 19.1. The Kier molecular flexibility index (Phi) is 5.62. The van der Waals surface area contributed by atoms with Gasteiger partial charge in [-0.05, 0) is 67.1 Å². The van der Waals surface area contributed by atoms with Crippen LogP contribution >= 0.6 is 0 Å². The minimum atomic E-state index is -0.160. The highest BCUT2D eigenvalue weighted by molar-refractivity contribution is 5.94. The largest absolute Gasteiger partial charge is 0.378 e. The first kappa shape index (κ1) is 18.9. The number of amides is 1. The van der Waals surface area contributed by atoms with E-state index in [9.17, 15) is 9.18 Å². The molecule has 2 heterocycles. The fourth-order valence-corrected chi connectivity index (χ4v) is 4.17. The molecule has 2 aromatic carbocycles. The molecule has 2 aromatic rings. The molecule has 1 amide bonds. The van der Waals surface area contributed by atoms with Crippen molar-refractivity contribution in [2.24, 2.45) is 5.92 Å². The van der Waals surface area contributed by atoms with Crippen LogP contribution < -0.4 is 4.90 Å². The topological polar surface area (TPSA) is 32.8 Å². The summed E-state index contributed by atoms with van der Waals surface area (Å²) in [6.07, 6.45) is 1.88. The number of benzene rings is 2. The Morgan fingerprint density at radius 1 is 1.11 bits per heavy atom. The van der Waals surface area contributed by atoms with Gasteiger partial charge in [-0.25, -0.2) is 4.39 Å². The van der Waals surface area contributed by atoms with Crippen LogP contribution in [0.15, 0.2) is 42.5 Å². The Labute approximate surface area is 165 Å². The molecule has 5 heteroatoms. The molecule has 1 atom stereocenters. The third-order valence-electron chi connectivity index (χ3n) is 5.81. The predicted molar refractivity (Wildman–Crippen MR) is 108 cm³/mol. The average Bonchev–Trinajstić information content (AvgIpc) is 3.19. The number of hydrogen-bond donors (Lipinski definition) is 0. The van der Waals surface area contributed by atoms with Crippen LogP contribution in [0, 0.1) is 18.7 Å². The van der Waals surface area contributed by atoms with Crippen molar-refractivity contribution in [2.75, 3.05) is 44.3 Å². The molecule has 2 aliphatic rings. The van der Waals surface area contributed by atoms with Gasteiger partial charge < -0.3 is 14.5 Å². The molecule has 0 aliphatic carbocycles. The summed E-state index contributed by atoms with van der Waals surface area (Å²) in [7, 11) is 0. The van der Waals surface area contributed by atoms with Crippen LogP contribution in [0.3, 0.4) is 0 Å². The van der Waals surface area contributed by atoms with Crippen LogP contribution in [-0.2, 0) is 11.2 Å². The number of likely N-dealkylation sites (tertiary alicyclic amines) is 1. The van der Waals surface area contributed by atoms with Crippen molar-refractivity contribution in [2.45, 2.75) is 19.8 Å².